The first-order valence-electron chi connectivity index (χ1n) is 8.33. The minimum Gasteiger partial charge on any atom is -0.300 e. The average Bonchev–Trinajstić information content (AvgIpc) is 2.45. The van der Waals surface area contributed by atoms with Gasteiger partial charge in [0.05, 0.1) is 0 Å². The smallest absolute Gasteiger partial charge is 0.147 e. The Morgan fingerprint density at radius 3 is 0.857 bits per heavy atom. The molecule has 0 atom stereocenters. The molecule has 0 aliphatic carbocycles. The summed E-state index contributed by atoms with van der Waals surface area (Å²) in [5.74, 6) is 0.498. The molecule has 0 saturated carbocycles. The van der Waals surface area contributed by atoms with Crippen LogP contribution in [0.2, 0.25) is 0 Å². The molecule has 4 heteroatoms. The lowest BCUT2D eigenvalue weighted by Crippen LogP contribution is -1.96. The largest absolute Gasteiger partial charge is 0.300 e. The first kappa shape index (κ1) is 37.1. The van der Waals surface area contributed by atoms with Crippen LogP contribution in [0.4, 0.5) is 0 Å². The van der Waals surface area contributed by atoms with Crippen molar-refractivity contribution in [2.75, 3.05) is 12.0 Å². The molecule has 0 aromatic carbocycles. The molecule has 0 rings (SSSR count). The summed E-state index contributed by atoms with van der Waals surface area (Å²) in [6.07, 6.45) is 4.38. The fourth-order valence-corrected chi connectivity index (χ4v) is 0. The molecule has 0 aliphatic heterocycles. The summed E-state index contributed by atoms with van der Waals surface area (Å²) in [6.45, 7) is 21.6. The Morgan fingerprint density at radius 2 is 0.857 bits per heavy atom. The summed E-state index contributed by atoms with van der Waals surface area (Å²) in [6, 6.07) is 0. The molecule has 0 N–H and O–H groups in total. The Labute approximate surface area is 136 Å². The number of carbonyl (C=O) groups is 1. The van der Waals surface area contributed by atoms with Crippen molar-refractivity contribution in [3.05, 3.63) is 0 Å². The van der Waals surface area contributed by atoms with E-state index in [0.717, 1.165) is 0 Å². The maximum atomic E-state index is 10.0. The van der Waals surface area contributed by atoms with Crippen molar-refractivity contribution in [1.29, 1.82) is 0 Å². The number of carbonyl (C=O) groups excluding carboxylic acids is 1. The van der Waals surface area contributed by atoms with Crippen molar-refractivity contribution in [1.82, 2.24) is 0 Å². The molecule has 0 heterocycles. The number of Topliss-reactive ketones (excluding diaryl/α,β-unsaturated/α-hetero) is 1. The van der Waals surface area contributed by atoms with Crippen molar-refractivity contribution >= 4 is 15.6 Å². The maximum absolute atomic E-state index is 10.0. The highest BCUT2D eigenvalue weighted by molar-refractivity contribution is 7.90. The SMILES string of the molecule is CC.CC.CCC.CCC.CCC(C)=O.CCS(C)(=O)=O. The predicted octanol–water partition coefficient (Wildman–Crippen LogP) is 5.92. The fourth-order valence-electron chi connectivity index (χ4n) is 0. The Morgan fingerprint density at radius 1 is 0.762 bits per heavy atom. The van der Waals surface area contributed by atoms with Crippen LogP contribution in [0, 0.1) is 0 Å². The number of rotatable bonds is 2. The van der Waals surface area contributed by atoms with Gasteiger partial charge in [-0.05, 0) is 6.92 Å². The van der Waals surface area contributed by atoms with Gasteiger partial charge < -0.3 is 4.79 Å². The molecule has 0 aromatic heterocycles. The van der Waals surface area contributed by atoms with Crippen LogP contribution in [0.3, 0.4) is 0 Å². The van der Waals surface area contributed by atoms with Crippen LogP contribution in [-0.2, 0) is 14.6 Å². The first-order valence-corrected chi connectivity index (χ1v) is 10.4. The molecule has 0 fully saturated rings. The van der Waals surface area contributed by atoms with Gasteiger partial charge in [0.2, 0.25) is 0 Å². The average molecular weight is 329 g/mol. The van der Waals surface area contributed by atoms with E-state index in [1.165, 1.54) is 19.1 Å². The third-order valence-electron chi connectivity index (χ3n) is 1.02. The third-order valence-corrected chi connectivity index (χ3v) is 2.07. The van der Waals surface area contributed by atoms with E-state index in [9.17, 15) is 13.2 Å². The second-order valence-electron chi connectivity index (χ2n) is 3.68. The van der Waals surface area contributed by atoms with E-state index in [-0.39, 0.29) is 11.5 Å². The Hall–Kier alpha value is -0.380. The van der Waals surface area contributed by atoms with Crippen LogP contribution < -0.4 is 0 Å². The van der Waals surface area contributed by atoms with Gasteiger partial charge in [0.1, 0.15) is 15.6 Å². The maximum Gasteiger partial charge on any atom is 0.147 e. The van der Waals surface area contributed by atoms with Crippen LogP contribution in [0.25, 0.3) is 0 Å². The van der Waals surface area contributed by atoms with Crippen LogP contribution in [0.5, 0.6) is 0 Å². The van der Waals surface area contributed by atoms with Crippen molar-refractivity contribution in [2.24, 2.45) is 0 Å². The fraction of sp³-hybridized carbons (Fsp3) is 0.941. The standard InChI is InChI=1S/C4H8O.C3H8O2S.2C3H8.2C2H6/c1-3-4(2)5;1-3-6(2,4)5;2*1-3-2;2*1-2/h3H2,1-2H3;3H2,1-2H3;2*3H2,1-2H3;2*1-2H3. The van der Waals surface area contributed by atoms with E-state index in [4.69, 9.17) is 0 Å². The highest BCUT2D eigenvalue weighted by atomic mass is 32.2. The lowest BCUT2D eigenvalue weighted by molar-refractivity contribution is -0.116. The van der Waals surface area contributed by atoms with Gasteiger partial charge in [-0.2, -0.15) is 0 Å². The van der Waals surface area contributed by atoms with Gasteiger partial charge in [0.15, 0.2) is 0 Å². The number of sulfone groups is 1. The quantitative estimate of drug-likeness (QED) is 0.632. The van der Waals surface area contributed by atoms with E-state index in [0.29, 0.717) is 6.42 Å². The molecule has 136 valence electrons. The van der Waals surface area contributed by atoms with Gasteiger partial charge in [-0.25, -0.2) is 8.42 Å². The molecule has 0 spiro atoms. The summed E-state index contributed by atoms with van der Waals surface area (Å²) in [4.78, 5) is 9.81. The van der Waals surface area contributed by atoms with E-state index in [1.54, 1.807) is 13.8 Å². The molecule has 0 saturated heterocycles. The molecule has 0 radical (unpaired) electrons. The van der Waals surface area contributed by atoms with Gasteiger partial charge >= 0.3 is 0 Å². The van der Waals surface area contributed by atoms with Crippen LogP contribution in [0.1, 0.15) is 95.4 Å². The summed E-state index contributed by atoms with van der Waals surface area (Å²) in [5, 5.41) is 0. The minimum atomic E-state index is -2.66. The number of hydrogen-bond acceptors (Lipinski definition) is 3. The number of hydrogen-bond donors (Lipinski definition) is 0. The van der Waals surface area contributed by atoms with Gasteiger partial charge in [-0.1, -0.05) is 82.1 Å². The second-order valence-corrected chi connectivity index (χ2v) is 6.11. The van der Waals surface area contributed by atoms with Crippen LogP contribution >= 0.6 is 0 Å². The molecule has 3 nitrogen and oxygen atoms in total. The predicted molar refractivity (Wildman–Crippen MR) is 101 cm³/mol. The molecule has 0 amide bonds. The minimum absolute atomic E-state index is 0.243. The summed E-state index contributed by atoms with van der Waals surface area (Å²) >= 11 is 0. The molecular formula is C17H44O3S. The molecule has 0 aliphatic rings. The monoisotopic (exact) mass is 328 g/mol. The Bertz CT molecular complexity index is 218. The van der Waals surface area contributed by atoms with Crippen LogP contribution in [-0.4, -0.2) is 26.2 Å². The van der Waals surface area contributed by atoms with Gasteiger partial charge in [-0.3, -0.25) is 0 Å². The van der Waals surface area contributed by atoms with Crippen molar-refractivity contribution in [2.45, 2.75) is 95.4 Å². The van der Waals surface area contributed by atoms with Crippen molar-refractivity contribution < 1.29 is 13.2 Å². The van der Waals surface area contributed by atoms with Gasteiger partial charge in [0, 0.05) is 18.4 Å². The zero-order chi connectivity index (χ0) is 18.9. The Kier molecular flexibility index (Phi) is 75.5. The topological polar surface area (TPSA) is 51.2 Å². The number of ketones is 1. The van der Waals surface area contributed by atoms with E-state index in [2.05, 4.69) is 27.7 Å². The highest BCUT2D eigenvalue weighted by Gasteiger charge is 1.90. The lowest BCUT2D eigenvalue weighted by atomic mass is 10.4. The molecular weight excluding hydrogens is 284 g/mol. The zero-order valence-electron chi connectivity index (χ0n) is 17.0. The highest BCUT2D eigenvalue weighted by Crippen LogP contribution is 1.75. The van der Waals surface area contributed by atoms with E-state index >= 15 is 0 Å². The summed E-state index contributed by atoms with van der Waals surface area (Å²) < 4.78 is 20.0. The first-order chi connectivity index (χ1) is 9.66. The van der Waals surface area contributed by atoms with E-state index in [1.807, 2.05) is 34.6 Å². The zero-order valence-corrected chi connectivity index (χ0v) is 17.8. The van der Waals surface area contributed by atoms with Gasteiger partial charge in [0.25, 0.3) is 0 Å². The normalized spacial score (nSPS) is 7.43. The van der Waals surface area contributed by atoms with Crippen molar-refractivity contribution in [3.63, 3.8) is 0 Å². The summed E-state index contributed by atoms with van der Waals surface area (Å²) in [7, 11) is -2.66. The second kappa shape index (κ2) is 42.7. The molecule has 0 aromatic rings. The van der Waals surface area contributed by atoms with Gasteiger partial charge in [-0.15, -0.1) is 0 Å². The van der Waals surface area contributed by atoms with Crippen LogP contribution in [0.15, 0.2) is 0 Å². The summed E-state index contributed by atoms with van der Waals surface area (Å²) in [5.41, 5.74) is 0. The molecule has 0 bridgehead atoms. The van der Waals surface area contributed by atoms with Crippen molar-refractivity contribution in [3.8, 4) is 0 Å². The third kappa shape index (κ3) is 285. The lowest BCUT2D eigenvalue weighted by Gasteiger charge is -1.81. The van der Waals surface area contributed by atoms with E-state index < -0.39 is 9.84 Å². The molecule has 21 heavy (non-hydrogen) atoms. The Balaban J connectivity index is -0.0000000342. The molecule has 0 unspecified atom stereocenters.